The zero-order valence-electron chi connectivity index (χ0n) is 23.5. The Morgan fingerprint density at radius 2 is 1.67 bits per heavy atom. The minimum Gasteiger partial charge on any atom is -0.437 e. The molecular weight excluding hydrogens is 404 g/mol. The van der Waals surface area contributed by atoms with E-state index >= 15 is 0 Å². The van der Waals surface area contributed by atoms with Crippen LogP contribution < -0.4 is 0 Å². The van der Waals surface area contributed by atoms with Crippen LogP contribution in [-0.2, 0) is 0 Å². The molecule has 3 nitrogen and oxygen atoms in total. The molecule has 3 aromatic heterocycles. The zero-order valence-corrected chi connectivity index (χ0v) is 19.5. The number of hydrogen-bond acceptors (Lipinski definition) is 3. The molecule has 3 heterocycles. The lowest BCUT2D eigenvalue weighted by atomic mass is 9.90. The molecule has 0 atom stereocenters. The number of rotatable bonds is 5. The van der Waals surface area contributed by atoms with E-state index in [2.05, 4.69) is 31.0 Å². The van der Waals surface area contributed by atoms with Crippen molar-refractivity contribution in [3.05, 3.63) is 83.0 Å². The molecule has 0 bridgehead atoms. The summed E-state index contributed by atoms with van der Waals surface area (Å²) in [4.78, 5) is 9.42. The van der Waals surface area contributed by atoms with Crippen molar-refractivity contribution in [1.29, 1.82) is 0 Å². The Hall–Kier alpha value is -3.46. The van der Waals surface area contributed by atoms with E-state index in [9.17, 15) is 0 Å². The third-order valence-corrected chi connectivity index (χ3v) is 6.52. The average Bonchev–Trinajstić information content (AvgIpc) is 3.25. The Balaban J connectivity index is 1.72. The van der Waals surface area contributed by atoms with Crippen LogP contribution in [-0.4, -0.2) is 9.97 Å². The number of para-hydroxylation sites is 1. The first-order valence-corrected chi connectivity index (χ1v) is 11.5. The molecule has 0 aliphatic heterocycles. The molecule has 0 N–H and O–H groups in total. The molecule has 0 aliphatic carbocycles. The number of aryl methyl sites for hydroxylation is 3. The highest BCUT2D eigenvalue weighted by molar-refractivity contribution is 6.08. The van der Waals surface area contributed by atoms with Gasteiger partial charge in [0.15, 0.2) is 0 Å². The van der Waals surface area contributed by atoms with Crippen LogP contribution in [0.15, 0.2) is 65.2 Å². The second-order valence-electron chi connectivity index (χ2n) is 8.53. The normalized spacial score (nSPS) is 14.2. The van der Waals surface area contributed by atoms with Crippen LogP contribution in [0.5, 0.6) is 0 Å². The van der Waals surface area contributed by atoms with Gasteiger partial charge in [-0.2, -0.15) is 0 Å². The van der Waals surface area contributed by atoms with Gasteiger partial charge in [-0.25, -0.2) is 4.98 Å². The minimum absolute atomic E-state index is 0.131. The number of pyridine rings is 2. The Morgan fingerprint density at radius 3 is 2.39 bits per heavy atom. The molecule has 5 rings (SSSR count). The molecule has 2 aromatic carbocycles. The van der Waals surface area contributed by atoms with Crippen molar-refractivity contribution in [2.24, 2.45) is 0 Å². The summed E-state index contributed by atoms with van der Waals surface area (Å²) in [6.45, 7) is 5.64. The van der Waals surface area contributed by atoms with Crippen LogP contribution in [0, 0.1) is 20.7 Å². The number of furan rings is 1. The third kappa shape index (κ3) is 3.62. The number of benzene rings is 2. The molecule has 33 heavy (non-hydrogen) atoms. The van der Waals surface area contributed by atoms with Gasteiger partial charge < -0.3 is 4.42 Å². The monoisotopic (exact) mass is 438 g/mol. The molecule has 0 amide bonds. The summed E-state index contributed by atoms with van der Waals surface area (Å²) in [7, 11) is 0. The summed E-state index contributed by atoms with van der Waals surface area (Å²) in [5.41, 5.74) is 7.40. The SMILES string of the molecule is [2H]C([2H])([2H])c1cnc(-c2cccc3c2oc2nc(-c4c(C)cccc4C)ccc23)cc1C([2H])(CC)CC. The summed E-state index contributed by atoms with van der Waals surface area (Å²) in [6, 6.07) is 17.9. The summed E-state index contributed by atoms with van der Waals surface area (Å²) in [5, 5.41) is 1.82. The van der Waals surface area contributed by atoms with Crippen LogP contribution in [0.3, 0.4) is 0 Å². The van der Waals surface area contributed by atoms with Gasteiger partial charge in [0.05, 0.1) is 11.4 Å². The average molecular weight is 439 g/mol. The van der Waals surface area contributed by atoms with Crippen molar-refractivity contribution in [3.63, 3.8) is 0 Å². The molecule has 0 saturated carbocycles. The highest BCUT2D eigenvalue weighted by Crippen LogP contribution is 2.37. The quantitative estimate of drug-likeness (QED) is 0.276. The molecule has 0 fully saturated rings. The van der Waals surface area contributed by atoms with Gasteiger partial charge in [0.1, 0.15) is 5.58 Å². The molecular formula is C30H30N2O. The molecule has 0 spiro atoms. The summed E-state index contributed by atoms with van der Waals surface area (Å²) >= 11 is 0. The van der Waals surface area contributed by atoms with Crippen molar-refractivity contribution in [2.75, 3.05) is 0 Å². The second kappa shape index (κ2) is 8.47. The highest BCUT2D eigenvalue weighted by atomic mass is 16.3. The predicted molar refractivity (Wildman–Crippen MR) is 138 cm³/mol. The van der Waals surface area contributed by atoms with Gasteiger partial charge in [-0.1, -0.05) is 44.2 Å². The Kier molecular flexibility index (Phi) is 4.38. The predicted octanol–water partition coefficient (Wildman–Crippen LogP) is 8.54. The molecule has 0 aliphatic rings. The van der Waals surface area contributed by atoms with Crippen LogP contribution in [0.2, 0.25) is 0 Å². The van der Waals surface area contributed by atoms with E-state index < -0.39 is 12.7 Å². The van der Waals surface area contributed by atoms with Crippen molar-refractivity contribution >= 4 is 22.1 Å². The fourth-order valence-electron chi connectivity index (χ4n) is 4.76. The van der Waals surface area contributed by atoms with Crippen LogP contribution in [0.4, 0.5) is 0 Å². The van der Waals surface area contributed by atoms with Crippen molar-refractivity contribution in [3.8, 4) is 22.5 Å². The van der Waals surface area contributed by atoms with Crippen molar-refractivity contribution in [2.45, 2.75) is 53.3 Å². The highest BCUT2D eigenvalue weighted by Gasteiger charge is 2.18. The maximum atomic E-state index is 9.02. The van der Waals surface area contributed by atoms with Gasteiger partial charge >= 0.3 is 0 Å². The van der Waals surface area contributed by atoms with Gasteiger partial charge in [-0.15, -0.1) is 0 Å². The molecule has 5 aromatic rings. The van der Waals surface area contributed by atoms with Crippen LogP contribution >= 0.6 is 0 Å². The number of fused-ring (bicyclic) bond motifs is 3. The number of aromatic nitrogens is 2. The van der Waals surface area contributed by atoms with Crippen LogP contribution in [0.25, 0.3) is 44.6 Å². The van der Waals surface area contributed by atoms with Gasteiger partial charge in [-0.05, 0) is 86.0 Å². The molecule has 0 radical (unpaired) electrons. The lowest BCUT2D eigenvalue weighted by molar-refractivity contribution is 0.637. The second-order valence-corrected chi connectivity index (χ2v) is 8.53. The first kappa shape index (κ1) is 17.1. The van der Waals surface area contributed by atoms with Gasteiger partial charge in [0, 0.05) is 33.6 Å². The largest absolute Gasteiger partial charge is 0.437 e. The fourth-order valence-corrected chi connectivity index (χ4v) is 4.76. The fraction of sp³-hybridized carbons (Fsp3) is 0.267. The van der Waals surface area contributed by atoms with Gasteiger partial charge in [0.2, 0.25) is 5.71 Å². The minimum atomic E-state index is -2.35. The van der Waals surface area contributed by atoms with E-state index in [4.69, 9.17) is 14.9 Å². The van der Waals surface area contributed by atoms with E-state index in [1.807, 2.05) is 50.2 Å². The molecule has 166 valence electrons. The third-order valence-electron chi connectivity index (χ3n) is 6.52. The summed E-state index contributed by atoms with van der Waals surface area (Å²) in [5.74, 6) is -1.02. The van der Waals surface area contributed by atoms with E-state index in [1.54, 1.807) is 6.07 Å². The zero-order chi connectivity index (χ0) is 26.5. The maximum Gasteiger partial charge on any atom is 0.227 e. The number of hydrogen-bond donors (Lipinski definition) is 0. The van der Waals surface area contributed by atoms with E-state index in [0.29, 0.717) is 35.4 Å². The Morgan fingerprint density at radius 1 is 0.909 bits per heavy atom. The molecule has 0 unspecified atom stereocenters. The maximum absolute atomic E-state index is 9.02. The molecule has 3 heteroatoms. The summed E-state index contributed by atoms with van der Waals surface area (Å²) in [6.07, 6.45) is 2.40. The number of nitrogens with zero attached hydrogens (tertiary/aromatic N) is 2. The van der Waals surface area contributed by atoms with Crippen LogP contribution in [0.1, 0.15) is 60.3 Å². The molecule has 0 saturated heterocycles. The lowest BCUT2D eigenvalue weighted by Gasteiger charge is -2.16. The van der Waals surface area contributed by atoms with Gasteiger partial charge in [0.25, 0.3) is 0 Å². The summed E-state index contributed by atoms with van der Waals surface area (Å²) < 4.78 is 39.4. The van der Waals surface area contributed by atoms with E-state index in [0.717, 1.165) is 38.7 Å². The lowest BCUT2D eigenvalue weighted by Crippen LogP contribution is -2.00. The topological polar surface area (TPSA) is 38.9 Å². The van der Waals surface area contributed by atoms with E-state index in [1.165, 1.54) is 6.20 Å². The first-order valence-electron chi connectivity index (χ1n) is 13.5. The van der Waals surface area contributed by atoms with Crippen molar-refractivity contribution in [1.82, 2.24) is 9.97 Å². The van der Waals surface area contributed by atoms with Gasteiger partial charge in [-0.3, -0.25) is 4.98 Å². The first-order chi connectivity index (χ1) is 17.6. The van der Waals surface area contributed by atoms with Crippen molar-refractivity contribution < 1.29 is 9.90 Å². The smallest absolute Gasteiger partial charge is 0.227 e. The standard InChI is InChI=1S/C30H30N2O/c1-6-21(7-2)25-16-27(31-17-20(25)5)24-13-9-12-22-23-14-15-26(32-30(23)33-29(22)24)28-18(3)10-8-11-19(28)4/h8-17,21H,6-7H2,1-5H3/i5D3,21D. The van der Waals surface area contributed by atoms with E-state index in [-0.39, 0.29) is 5.56 Å². The Bertz CT molecular complexity index is 1610. The Labute approximate surface area is 201 Å².